The molecule has 1 aromatic rings. The van der Waals surface area contributed by atoms with Crippen LogP contribution >= 0.6 is 0 Å². The minimum Gasteiger partial charge on any atom is -0.461 e. The zero-order chi connectivity index (χ0) is 14.3. The molecule has 0 amide bonds. The van der Waals surface area contributed by atoms with E-state index >= 15 is 0 Å². The van der Waals surface area contributed by atoms with Crippen LogP contribution in [0.2, 0.25) is 0 Å². The summed E-state index contributed by atoms with van der Waals surface area (Å²) in [6.45, 7) is 1.86. The highest BCUT2D eigenvalue weighted by molar-refractivity contribution is 6.36. The summed E-state index contributed by atoms with van der Waals surface area (Å²) >= 11 is 0. The largest absolute Gasteiger partial charge is 0.461 e. The summed E-state index contributed by atoms with van der Waals surface area (Å²) in [5, 5.41) is 22.1. The van der Waals surface area contributed by atoms with Crippen molar-refractivity contribution in [2.45, 2.75) is 19.8 Å². The van der Waals surface area contributed by atoms with Gasteiger partial charge in [-0.25, -0.2) is 4.79 Å². The standard InChI is InChI=1S/C12H14N2O5/c1-2-19-12(15)11(13-16)8-5-9-3-6-10(7-4-9)14(17)18/h3-4,6-7,16H,2,5,8H2,1H3. The Hall–Kier alpha value is -2.44. The van der Waals surface area contributed by atoms with Gasteiger partial charge in [-0.1, -0.05) is 17.3 Å². The highest BCUT2D eigenvalue weighted by Gasteiger charge is 2.13. The molecule has 102 valence electrons. The molecule has 0 unspecified atom stereocenters. The Morgan fingerprint density at radius 2 is 2.05 bits per heavy atom. The van der Waals surface area contributed by atoms with Crippen LogP contribution in [0, 0.1) is 10.1 Å². The number of ether oxygens (including phenoxy) is 1. The van der Waals surface area contributed by atoms with Gasteiger partial charge in [0.1, 0.15) is 0 Å². The number of carbonyl (C=O) groups is 1. The van der Waals surface area contributed by atoms with Crippen molar-refractivity contribution < 1.29 is 19.7 Å². The predicted octanol–water partition coefficient (Wildman–Crippen LogP) is 1.92. The Balaban J connectivity index is 2.60. The molecule has 0 saturated heterocycles. The molecule has 0 aliphatic rings. The van der Waals surface area contributed by atoms with Gasteiger partial charge in [-0.3, -0.25) is 10.1 Å². The van der Waals surface area contributed by atoms with E-state index in [2.05, 4.69) is 5.16 Å². The Labute approximate surface area is 109 Å². The number of nitro groups is 1. The lowest BCUT2D eigenvalue weighted by atomic mass is 10.1. The quantitative estimate of drug-likeness (QED) is 0.278. The molecule has 0 bridgehead atoms. The van der Waals surface area contributed by atoms with E-state index in [0.29, 0.717) is 6.42 Å². The fourth-order valence-electron chi connectivity index (χ4n) is 1.45. The van der Waals surface area contributed by atoms with Crippen LogP contribution in [0.5, 0.6) is 0 Å². The number of oxime groups is 1. The number of hydrogen-bond donors (Lipinski definition) is 1. The maximum Gasteiger partial charge on any atom is 0.356 e. The van der Waals surface area contributed by atoms with E-state index in [-0.39, 0.29) is 24.4 Å². The normalized spacial score (nSPS) is 11.1. The van der Waals surface area contributed by atoms with Crippen molar-refractivity contribution in [3.05, 3.63) is 39.9 Å². The van der Waals surface area contributed by atoms with Gasteiger partial charge in [0.05, 0.1) is 11.5 Å². The summed E-state index contributed by atoms with van der Waals surface area (Å²) in [6, 6.07) is 5.96. The van der Waals surface area contributed by atoms with Crippen LogP contribution in [0.25, 0.3) is 0 Å². The highest BCUT2D eigenvalue weighted by Crippen LogP contribution is 2.13. The van der Waals surface area contributed by atoms with Gasteiger partial charge in [-0.05, 0) is 18.9 Å². The molecule has 19 heavy (non-hydrogen) atoms. The lowest BCUT2D eigenvalue weighted by molar-refractivity contribution is -0.384. The van der Waals surface area contributed by atoms with E-state index in [1.807, 2.05) is 0 Å². The third kappa shape index (κ3) is 4.38. The highest BCUT2D eigenvalue weighted by atomic mass is 16.6. The molecule has 7 heteroatoms. The van der Waals surface area contributed by atoms with Gasteiger partial charge < -0.3 is 9.94 Å². The Morgan fingerprint density at radius 1 is 1.42 bits per heavy atom. The average molecular weight is 266 g/mol. The monoisotopic (exact) mass is 266 g/mol. The number of nitrogens with zero attached hydrogens (tertiary/aromatic N) is 2. The molecule has 1 N–H and O–H groups in total. The van der Waals surface area contributed by atoms with Crippen LogP contribution in [0.15, 0.2) is 29.4 Å². The van der Waals surface area contributed by atoms with Crippen molar-refractivity contribution >= 4 is 17.4 Å². The molecular weight excluding hydrogens is 252 g/mol. The fourth-order valence-corrected chi connectivity index (χ4v) is 1.45. The molecule has 0 aromatic heterocycles. The predicted molar refractivity (Wildman–Crippen MR) is 67.3 cm³/mol. The molecule has 1 aromatic carbocycles. The van der Waals surface area contributed by atoms with Gasteiger partial charge in [0.15, 0.2) is 5.71 Å². The maximum atomic E-state index is 11.3. The second-order valence-electron chi connectivity index (χ2n) is 3.69. The first kappa shape index (κ1) is 14.6. The van der Waals surface area contributed by atoms with Gasteiger partial charge in [-0.2, -0.15) is 0 Å². The molecule has 0 heterocycles. The minimum atomic E-state index is -0.660. The van der Waals surface area contributed by atoms with E-state index in [9.17, 15) is 14.9 Å². The zero-order valence-electron chi connectivity index (χ0n) is 10.4. The third-order valence-corrected chi connectivity index (χ3v) is 2.43. The number of esters is 1. The number of benzene rings is 1. The van der Waals surface area contributed by atoms with Crippen LogP contribution in [-0.4, -0.2) is 28.4 Å². The van der Waals surface area contributed by atoms with Crippen LogP contribution in [0.1, 0.15) is 18.9 Å². The van der Waals surface area contributed by atoms with Crippen molar-refractivity contribution in [1.82, 2.24) is 0 Å². The summed E-state index contributed by atoms with van der Waals surface area (Å²) in [5.74, 6) is -0.660. The van der Waals surface area contributed by atoms with Crippen molar-refractivity contribution in [3.8, 4) is 0 Å². The van der Waals surface area contributed by atoms with Crippen molar-refractivity contribution in [1.29, 1.82) is 0 Å². The molecule has 0 aliphatic carbocycles. The Kier molecular flexibility index (Phi) is 5.46. The number of rotatable bonds is 6. The number of non-ortho nitro benzene ring substituents is 1. The number of hydrogen-bond acceptors (Lipinski definition) is 6. The summed E-state index contributed by atoms with van der Waals surface area (Å²) in [7, 11) is 0. The van der Waals surface area contributed by atoms with Crippen LogP contribution < -0.4 is 0 Å². The van der Waals surface area contributed by atoms with E-state index in [0.717, 1.165) is 5.56 Å². The molecule has 1 rings (SSSR count). The summed E-state index contributed by atoms with van der Waals surface area (Å²) in [6.07, 6.45) is 0.628. The van der Waals surface area contributed by atoms with Crippen molar-refractivity contribution in [2.75, 3.05) is 6.61 Å². The molecule has 0 fully saturated rings. The first-order valence-corrected chi connectivity index (χ1v) is 5.69. The smallest absolute Gasteiger partial charge is 0.356 e. The summed E-state index contributed by atoms with van der Waals surface area (Å²) in [4.78, 5) is 21.3. The van der Waals surface area contributed by atoms with E-state index in [4.69, 9.17) is 9.94 Å². The van der Waals surface area contributed by atoms with Crippen LogP contribution in [0.3, 0.4) is 0 Å². The second kappa shape index (κ2) is 7.10. The number of nitro benzene ring substituents is 1. The summed E-state index contributed by atoms with van der Waals surface area (Å²) < 4.78 is 4.71. The molecule has 0 spiro atoms. The molecule has 0 radical (unpaired) electrons. The van der Waals surface area contributed by atoms with Crippen molar-refractivity contribution in [3.63, 3.8) is 0 Å². The van der Waals surface area contributed by atoms with Gasteiger partial charge in [0.25, 0.3) is 5.69 Å². The first-order chi connectivity index (χ1) is 9.08. The molecular formula is C12H14N2O5. The van der Waals surface area contributed by atoms with Gasteiger partial charge in [-0.15, -0.1) is 0 Å². The lowest BCUT2D eigenvalue weighted by Gasteiger charge is -2.04. The first-order valence-electron chi connectivity index (χ1n) is 5.69. The third-order valence-electron chi connectivity index (χ3n) is 2.43. The van der Waals surface area contributed by atoms with E-state index < -0.39 is 10.9 Å². The second-order valence-corrected chi connectivity index (χ2v) is 3.69. The van der Waals surface area contributed by atoms with Gasteiger partial charge >= 0.3 is 5.97 Å². The Morgan fingerprint density at radius 3 is 2.53 bits per heavy atom. The summed E-state index contributed by atoms with van der Waals surface area (Å²) in [5.41, 5.74) is 0.737. The van der Waals surface area contributed by atoms with Crippen molar-refractivity contribution in [2.24, 2.45) is 5.16 Å². The van der Waals surface area contributed by atoms with E-state index in [1.54, 1.807) is 19.1 Å². The molecule has 7 nitrogen and oxygen atoms in total. The average Bonchev–Trinajstić information content (AvgIpc) is 2.40. The molecule has 0 atom stereocenters. The van der Waals surface area contributed by atoms with Gasteiger partial charge in [0.2, 0.25) is 0 Å². The van der Waals surface area contributed by atoms with Gasteiger partial charge in [0, 0.05) is 18.6 Å². The number of carbonyl (C=O) groups excluding carboxylic acids is 1. The van der Waals surface area contributed by atoms with Crippen LogP contribution in [0.4, 0.5) is 5.69 Å². The Bertz CT molecular complexity index is 481. The SMILES string of the molecule is CCOC(=O)C(CCc1ccc([N+](=O)[O-])cc1)=NO. The topological polar surface area (TPSA) is 102 Å². The number of aryl methyl sites for hydroxylation is 1. The van der Waals surface area contributed by atoms with Crippen LogP contribution in [-0.2, 0) is 16.0 Å². The molecule has 0 saturated carbocycles. The molecule has 0 aliphatic heterocycles. The lowest BCUT2D eigenvalue weighted by Crippen LogP contribution is -2.18. The minimum absolute atomic E-state index is 0.00481. The zero-order valence-corrected chi connectivity index (χ0v) is 10.4. The van der Waals surface area contributed by atoms with E-state index in [1.165, 1.54) is 12.1 Å². The fraction of sp³-hybridized carbons (Fsp3) is 0.333. The maximum absolute atomic E-state index is 11.3.